The van der Waals surface area contributed by atoms with Gasteiger partial charge in [0.2, 0.25) is 5.91 Å². The van der Waals surface area contributed by atoms with Gasteiger partial charge in [-0.15, -0.1) is 0 Å². The summed E-state index contributed by atoms with van der Waals surface area (Å²) in [4.78, 5) is 13.5. The Balaban J connectivity index is 1.91. The minimum absolute atomic E-state index is 0.0205. The molecule has 1 heterocycles. The maximum atomic E-state index is 13.4. The van der Waals surface area contributed by atoms with E-state index in [0.717, 1.165) is 0 Å². The fraction of sp³-hybridized carbons (Fsp3) is 0.417. The van der Waals surface area contributed by atoms with E-state index in [2.05, 4.69) is 5.32 Å². The number of hydrogen-bond acceptors (Lipinski definition) is 4. The summed E-state index contributed by atoms with van der Waals surface area (Å²) in [6.45, 7) is 0.656. The molecule has 8 heteroatoms. The normalized spacial score (nSPS) is 18.7. The Kier molecular flexibility index (Phi) is 4.62. The summed E-state index contributed by atoms with van der Waals surface area (Å²) >= 11 is 5.73. The number of anilines is 1. The summed E-state index contributed by atoms with van der Waals surface area (Å²) in [5.74, 6) is -0.869. The predicted octanol–water partition coefficient (Wildman–Crippen LogP) is 1.15. The van der Waals surface area contributed by atoms with Gasteiger partial charge in [-0.05, 0) is 18.2 Å². The SMILES string of the molecule is O=C(CN1CCS(=O)(=O)CC1)Nc1cc(Cl)ccc1F. The Hall–Kier alpha value is -1.18. The number of nitrogens with zero attached hydrogens (tertiary/aromatic N) is 1. The molecule has 0 aliphatic carbocycles. The molecule has 1 aromatic rings. The van der Waals surface area contributed by atoms with Crippen LogP contribution in [0, 0.1) is 5.82 Å². The van der Waals surface area contributed by atoms with Crippen molar-refractivity contribution < 1.29 is 17.6 Å². The first kappa shape index (κ1) is 15.2. The molecule has 2 rings (SSSR count). The van der Waals surface area contributed by atoms with Gasteiger partial charge in [-0.3, -0.25) is 9.69 Å². The Morgan fingerprint density at radius 3 is 2.65 bits per heavy atom. The Morgan fingerprint density at radius 1 is 1.35 bits per heavy atom. The summed E-state index contributed by atoms with van der Waals surface area (Å²) < 4.78 is 36.0. The Bertz CT molecular complexity index is 607. The van der Waals surface area contributed by atoms with Crippen LogP contribution in [0.25, 0.3) is 0 Å². The third kappa shape index (κ3) is 4.16. The van der Waals surface area contributed by atoms with Crippen LogP contribution in [0.5, 0.6) is 0 Å². The van der Waals surface area contributed by atoms with Gasteiger partial charge >= 0.3 is 0 Å². The van der Waals surface area contributed by atoms with E-state index in [9.17, 15) is 17.6 Å². The fourth-order valence-corrected chi connectivity index (χ4v) is 3.34. The minimum Gasteiger partial charge on any atom is -0.322 e. The molecule has 5 nitrogen and oxygen atoms in total. The predicted molar refractivity (Wildman–Crippen MR) is 75.1 cm³/mol. The van der Waals surface area contributed by atoms with Crippen LogP contribution in [-0.2, 0) is 14.6 Å². The second-order valence-electron chi connectivity index (χ2n) is 4.60. The van der Waals surface area contributed by atoms with E-state index in [1.54, 1.807) is 4.90 Å². The summed E-state index contributed by atoms with van der Waals surface area (Å²) in [7, 11) is -2.97. The third-order valence-electron chi connectivity index (χ3n) is 3.01. The van der Waals surface area contributed by atoms with Crippen molar-refractivity contribution in [3.8, 4) is 0 Å². The maximum Gasteiger partial charge on any atom is 0.238 e. The first-order chi connectivity index (χ1) is 9.35. The van der Waals surface area contributed by atoms with Crippen molar-refractivity contribution in [3.05, 3.63) is 29.0 Å². The number of hydrogen-bond donors (Lipinski definition) is 1. The molecule has 1 N–H and O–H groups in total. The smallest absolute Gasteiger partial charge is 0.238 e. The molecule has 0 atom stereocenters. The van der Waals surface area contributed by atoms with Crippen LogP contribution >= 0.6 is 11.6 Å². The topological polar surface area (TPSA) is 66.5 Å². The highest BCUT2D eigenvalue weighted by Crippen LogP contribution is 2.19. The van der Waals surface area contributed by atoms with Gasteiger partial charge in [0, 0.05) is 18.1 Å². The Labute approximate surface area is 121 Å². The third-order valence-corrected chi connectivity index (χ3v) is 4.85. The Morgan fingerprint density at radius 2 is 2.00 bits per heavy atom. The lowest BCUT2D eigenvalue weighted by atomic mass is 10.3. The molecule has 0 aromatic heterocycles. The molecule has 1 aliphatic rings. The summed E-state index contributed by atoms with van der Waals surface area (Å²) in [6, 6.07) is 3.89. The fourth-order valence-electron chi connectivity index (χ4n) is 1.89. The molecule has 1 aromatic carbocycles. The molecule has 0 unspecified atom stereocenters. The highest BCUT2D eigenvalue weighted by Gasteiger charge is 2.23. The lowest BCUT2D eigenvalue weighted by Gasteiger charge is -2.25. The molecule has 1 amide bonds. The number of nitrogens with one attached hydrogen (secondary N) is 1. The van der Waals surface area contributed by atoms with Gasteiger partial charge in [0.1, 0.15) is 5.82 Å². The van der Waals surface area contributed by atoms with Crippen molar-refractivity contribution in [3.63, 3.8) is 0 Å². The standard InChI is InChI=1S/C12H14ClFN2O3S/c13-9-1-2-10(14)11(7-9)15-12(17)8-16-3-5-20(18,19)6-4-16/h1-2,7H,3-6,8H2,(H,15,17). The van der Waals surface area contributed by atoms with Crippen molar-refractivity contribution in [1.29, 1.82) is 0 Å². The average Bonchev–Trinajstić information content (AvgIpc) is 2.36. The quantitative estimate of drug-likeness (QED) is 0.907. The number of benzene rings is 1. The highest BCUT2D eigenvalue weighted by molar-refractivity contribution is 7.91. The van der Waals surface area contributed by atoms with Crippen molar-refractivity contribution in [1.82, 2.24) is 4.90 Å². The molecular weight excluding hydrogens is 307 g/mol. The van der Waals surface area contributed by atoms with Gasteiger partial charge in [0.25, 0.3) is 0 Å². The minimum atomic E-state index is -2.97. The van der Waals surface area contributed by atoms with Gasteiger partial charge in [-0.2, -0.15) is 0 Å². The van der Waals surface area contributed by atoms with E-state index >= 15 is 0 Å². The highest BCUT2D eigenvalue weighted by atomic mass is 35.5. The van der Waals surface area contributed by atoms with E-state index in [-0.39, 0.29) is 23.7 Å². The van der Waals surface area contributed by atoms with Crippen molar-refractivity contribution in [2.45, 2.75) is 0 Å². The van der Waals surface area contributed by atoms with Crippen LogP contribution in [0.4, 0.5) is 10.1 Å². The van der Waals surface area contributed by atoms with Crippen molar-refractivity contribution in [2.24, 2.45) is 0 Å². The van der Waals surface area contributed by atoms with Crippen LogP contribution in [0.1, 0.15) is 0 Å². The van der Waals surface area contributed by atoms with E-state index in [1.807, 2.05) is 0 Å². The summed E-state index contributed by atoms with van der Waals surface area (Å²) in [5.41, 5.74) is 0.0205. The number of carbonyl (C=O) groups excluding carboxylic acids is 1. The molecule has 20 heavy (non-hydrogen) atoms. The zero-order chi connectivity index (χ0) is 14.8. The number of rotatable bonds is 3. The largest absolute Gasteiger partial charge is 0.322 e. The van der Waals surface area contributed by atoms with Gasteiger partial charge in [0.05, 0.1) is 23.7 Å². The summed E-state index contributed by atoms with van der Waals surface area (Å²) in [5, 5.41) is 2.75. The number of carbonyl (C=O) groups is 1. The zero-order valence-electron chi connectivity index (χ0n) is 10.6. The van der Waals surface area contributed by atoms with Crippen molar-refractivity contribution >= 4 is 33.0 Å². The molecule has 0 bridgehead atoms. The van der Waals surface area contributed by atoms with Gasteiger partial charge in [-0.1, -0.05) is 11.6 Å². The molecule has 1 aliphatic heterocycles. The van der Waals surface area contributed by atoms with Crippen LogP contribution in [-0.4, -0.2) is 50.4 Å². The zero-order valence-corrected chi connectivity index (χ0v) is 12.2. The molecule has 0 saturated carbocycles. The van der Waals surface area contributed by atoms with E-state index in [1.165, 1.54) is 18.2 Å². The van der Waals surface area contributed by atoms with E-state index in [0.29, 0.717) is 18.1 Å². The second kappa shape index (κ2) is 6.07. The van der Waals surface area contributed by atoms with Crippen LogP contribution in [0.3, 0.4) is 0 Å². The molecule has 0 spiro atoms. The molecular formula is C12H14ClFN2O3S. The lowest BCUT2D eigenvalue weighted by Crippen LogP contribution is -2.43. The van der Waals surface area contributed by atoms with E-state index in [4.69, 9.17) is 11.6 Å². The summed E-state index contributed by atoms with van der Waals surface area (Å²) in [6.07, 6.45) is 0. The van der Waals surface area contributed by atoms with Crippen LogP contribution < -0.4 is 5.32 Å². The van der Waals surface area contributed by atoms with E-state index < -0.39 is 21.6 Å². The average molecular weight is 321 g/mol. The van der Waals surface area contributed by atoms with Gasteiger partial charge in [0.15, 0.2) is 9.84 Å². The van der Waals surface area contributed by atoms with Gasteiger partial charge < -0.3 is 5.32 Å². The molecule has 1 saturated heterocycles. The lowest BCUT2D eigenvalue weighted by molar-refractivity contribution is -0.117. The molecule has 0 radical (unpaired) electrons. The molecule has 110 valence electrons. The first-order valence-corrected chi connectivity index (χ1v) is 8.23. The number of halogens is 2. The maximum absolute atomic E-state index is 13.4. The van der Waals surface area contributed by atoms with Gasteiger partial charge in [-0.25, -0.2) is 12.8 Å². The monoisotopic (exact) mass is 320 g/mol. The van der Waals surface area contributed by atoms with Crippen LogP contribution in [0.15, 0.2) is 18.2 Å². The number of sulfone groups is 1. The first-order valence-electron chi connectivity index (χ1n) is 6.03. The molecule has 1 fully saturated rings. The second-order valence-corrected chi connectivity index (χ2v) is 7.34. The number of amides is 1. The van der Waals surface area contributed by atoms with Crippen molar-refractivity contribution in [2.75, 3.05) is 36.5 Å². The van der Waals surface area contributed by atoms with Crippen LogP contribution in [0.2, 0.25) is 5.02 Å².